The van der Waals surface area contributed by atoms with E-state index in [0.717, 1.165) is 37.0 Å². The number of fused-ring (bicyclic) bond motifs is 1. The predicted octanol–water partition coefficient (Wildman–Crippen LogP) is 1.31. The zero-order valence-corrected chi connectivity index (χ0v) is 11.8. The van der Waals surface area contributed by atoms with Gasteiger partial charge in [-0.1, -0.05) is 0 Å². The Morgan fingerprint density at radius 3 is 2.90 bits per heavy atom. The van der Waals surface area contributed by atoms with Crippen molar-refractivity contribution in [2.45, 2.75) is 19.3 Å². The molecular formula is C15H18N4O2. The molecule has 110 valence electrons. The summed E-state index contributed by atoms with van der Waals surface area (Å²) in [4.78, 5) is 32.9. The molecule has 1 fully saturated rings. The molecule has 0 spiro atoms. The van der Waals surface area contributed by atoms with Crippen molar-refractivity contribution < 1.29 is 9.59 Å². The first-order valence-electron chi connectivity index (χ1n) is 7.23. The van der Waals surface area contributed by atoms with Gasteiger partial charge in [-0.25, -0.2) is 4.98 Å². The lowest BCUT2D eigenvalue weighted by Gasteiger charge is -2.15. The van der Waals surface area contributed by atoms with Gasteiger partial charge in [0.1, 0.15) is 0 Å². The number of carbonyl (C=O) groups excluding carboxylic acids is 2. The smallest absolute Gasteiger partial charge is 0.251 e. The molecule has 1 aromatic carbocycles. The van der Waals surface area contributed by atoms with Crippen LogP contribution in [0.5, 0.6) is 0 Å². The summed E-state index contributed by atoms with van der Waals surface area (Å²) in [6.45, 7) is 2.07. The molecule has 6 heteroatoms. The van der Waals surface area contributed by atoms with Crippen molar-refractivity contribution >= 4 is 22.8 Å². The van der Waals surface area contributed by atoms with Gasteiger partial charge in [0.05, 0.1) is 17.4 Å². The van der Waals surface area contributed by atoms with Gasteiger partial charge in [0.2, 0.25) is 5.91 Å². The topological polar surface area (TPSA) is 78.1 Å². The molecule has 1 saturated heterocycles. The molecule has 0 bridgehead atoms. The van der Waals surface area contributed by atoms with Crippen LogP contribution in [0.2, 0.25) is 0 Å². The molecule has 0 atom stereocenters. The molecule has 1 aromatic heterocycles. The summed E-state index contributed by atoms with van der Waals surface area (Å²) in [6, 6.07) is 5.30. The molecule has 2 aromatic rings. The Labute approximate surface area is 122 Å². The third-order valence-corrected chi connectivity index (χ3v) is 3.77. The fourth-order valence-corrected chi connectivity index (χ4v) is 2.59. The molecule has 0 unspecified atom stereocenters. The van der Waals surface area contributed by atoms with E-state index < -0.39 is 0 Å². The number of likely N-dealkylation sites (tertiary alicyclic amines) is 1. The summed E-state index contributed by atoms with van der Waals surface area (Å²) in [5.74, 6) is -0.0439. The van der Waals surface area contributed by atoms with Crippen LogP contribution in [0.1, 0.15) is 29.6 Å². The first-order chi connectivity index (χ1) is 10.2. The lowest BCUT2D eigenvalue weighted by atomic mass is 10.2. The van der Waals surface area contributed by atoms with Crippen molar-refractivity contribution in [2.75, 3.05) is 19.6 Å². The molecule has 2 heterocycles. The summed E-state index contributed by atoms with van der Waals surface area (Å²) < 4.78 is 0. The highest BCUT2D eigenvalue weighted by molar-refractivity contribution is 5.97. The summed E-state index contributed by atoms with van der Waals surface area (Å²) in [5.41, 5.74) is 2.23. The number of imidazole rings is 1. The highest BCUT2D eigenvalue weighted by Crippen LogP contribution is 2.12. The van der Waals surface area contributed by atoms with Gasteiger partial charge in [0, 0.05) is 31.6 Å². The second kappa shape index (κ2) is 5.95. The molecule has 1 aliphatic heterocycles. The number of rotatable bonds is 4. The van der Waals surface area contributed by atoms with E-state index >= 15 is 0 Å². The maximum Gasteiger partial charge on any atom is 0.251 e. The molecule has 0 aliphatic carbocycles. The molecule has 2 amide bonds. The van der Waals surface area contributed by atoms with Crippen molar-refractivity contribution in [2.24, 2.45) is 0 Å². The number of amides is 2. The van der Waals surface area contributed by atoms with Crippen LogP contribution in [0.3, 0.4) is 0 Å². The van der Waals surface area contributed by atoms with Crippen LogP contribution in [-0.2, 0) is 4.79 Å². The second-order valence-corrected chi connectivity index (χ2v) is 5.23. The van der Waals surface area contributed by atoms with Crippen molar-refractivity contribution in [3.05, 3.63) is 30.1 Å². The second-order valence-electron chi connectivity index (χ2n) is 5.23. The van der Waals surface area contributed by atoms with E-state index in [1.54, 1.807) is 24.5 Å². The van der Waals surface area contributed by atoms with Crippen LogP contribution in [0, 0.1) is 0 Å². The molecule has 0 radical (unpaired) electrons. The number of aromatic amines is 1. The van der Waals surface area contributed by atoms with Gasteiger partial charge in [0.25, 0.3) is 5.91 Å². The number of nitrogens with zero attached hydrogens (tertiary/aromatic N) is 2. The number of hydrogen-bond acceptors (Lipinski definition) is 3. The van der Waals surface area contributed by atoms with Crippen LogP contribution < -0.4 is 5.32 Å². The summed E-state index contributed by atoms with van der Waals surface area (Å²) >= 11 is 0. The van der Waals surface area contributed by atoms with Crippen molar-refractivity contribution in [3.8, 4) is 0 Å². The average molecular weight is 286 g/mol. The number of carbonyl (C=O) groups is 2. The maximum atomic E-state index is 12.0. The van der Waals surface area contributed by atoms with E-state index in [1.807, 2.05) is 4.90 Å². The van der Waals surface area contributed by atoms with Crippen LogP contribution in [0.4, 0.5) is 0 Å². The Bertz CT molecular complexity index is 658. The Balaban J connectivity index is 1.52. The molecular weight excluding hydrogens is 268 g/mol. The fourth-order valence-electron chi connectivity index (χ4n) is 2.59. The van der Waals surface area contributed by atoms with E-state index in [-0.39, 0.29) is 11.8 Å². The Morgan fingerprint density at radius 2 is 2.10 bits per heavy atom. The van der Waals surface area contributed by atoms with Gasteiger partial charge in [0.15, 0.2) is 0 Å². The average Bonchev–Trinajstić information content (AvgIpc) is 3.17. The molecule has 3 rings (SSSR count). The summed E-state index contributed by atoms with van der Waals surface area (Å²) in [7, 11) is 0. The maximum absolute atomic E-state index is 12.0. The summed E-state index contributed by atoms with van der Waals surface area (Å²) in [5, 5.41) is 2.79. The van der Waals surface area contributed by atoms with Crippen molar-refractivity contribution in [1.82, 2.24) is 20.2 Å². The van der Waals surface area contributed by atoms with Gasteiger partial charge >= 0.3 is 0 Å². The van der Waals surface area contributed by atoms with Gasteiger partial charge in [-0.2, -0.15) is 0 Å². The Kier molecular flexibility index (Phi) is 3.85. The SMILES string of the molecule is O=C(NCCC(=O)N1CCCC1)c1ccc2nc[nH]c2c1. The number of nitrogens with one attached hydrogen (secondary N) is 2. The minimum atomic E-state index is -0.166. The van der Waals surface area contributed by atoms with E-state index in [9.17, 15) is 9.59 Å². The van der Waals surface area contributed by atoms with Crippen molar-refractivity contribution in [1.29, 1.82) is 0 Å². The molecule has 6 nitrogen and oxygen atoms in total. The number of aromatic nitrogens is 2. The minimum absolute atomic E-state index is 0.122. The number of benzene rings is 1. The monoisotopic (exact) mass is 286 g/mol. The minimum Gasteiger partial charge on any atom is -0.352 e. The van der Waals surface area contributed by atoms with Gasteiger partial charge in [-0.05, 0) is 31.0 Å². The Hall–Kier alpha value is -2.37. The Morgan fingerprint density at radius 1 is 1.29 bits per heavy atom. The van der Waals surface area contributed by atoms with E-state index in [4.69, 9.17) is 0 Å². The van der Waals surface area contributed by atoms with E-state index in [0.29, 0.717) is 18.5 Å². The molecule has 1 aliphatic rings. The standard InChI is InChI=1S/C15H18N4O2/c20-14(19-7-1-2-8-19)5-6-16-15(21)11-3-4-12-13(9-11)18-10-17-12/h3-4,9-10H,1-2,5-8H2,(H,16,21)(H,17,18). The number of hydrogen-bond donors (Lipinski definition) is 2. The van der Waals surface area contributed by atoms with Crippen LogP contribution in [0.25, 0.3) is 11.0 Å². The lowest BCUT2D eigenvalue weighted by molar-refractivity contribution is -0.129. The molecule has 0 saturated carbocycles. The van der Waals surface area contributed by atoms with Crippen LogP contribution in [0.15, 0.2) is 24.5 Å². The highest BCUT2D eigenvalue weighted by atomic mass is 16.2. The fraction of sp³-hybridized carbons (Fsp3) is 0.400. The lowest BCUT2D eigenvalue weighted by Crippen LogP contribution is -2.32. The zero-order chi connectivity index (χ0) is 14.7. The first-order valence-corrected chi connectivity index (χ1v) is 7.23. The van der Waals surface area contributed by atoms with Gasteiger partial charge in [-0.15, -0.1) is 0 Å². The molecule has 21 heavy (non-hydrogen) atoms. The first kappa shape index (κ1) is 13.6. The van der Waals surface area contributed by atoms with E-state index in [2.05, 4.69) is 15.3 Å². The van der Waals surface area contributed by atoms with Gasteiger partial charge < -0.3 is 15.2 Å². The van der Waals surface area contributed by atoms with Crippen LogP contribution in [-0.4, -0.2) is 46.3 Å². The van der Waals surface area contributed by atoms with E-state index in [1.165, 1.54) is 0 Å². The highest BCUT2D eigenvalue weighted by Gasteiger charge is 2.17. The summed E-state index contributed by atoms with van der Waals surface area (Å²) in [6.07, 6.45) is 4.13. The van der Waals surface area contributed by atoms with Crippen LogP contribution >= 0.6 is 0 Å². The number of H-pyrrole nitrogens is 1. The largest absolute Gasteiger partial charge is 0.352 e. The third kappa shape index (κ3) is 3.04. The molecule has 2 N–H and O–H groups in total. The van der Waals surface area contributed by atoms with Gasteiger partial charge in [-0.3, -0.25) is 9.59 Å². The predicted molar refractivity (Wildman–Crippen MR) is 78.9 cm³/mol. The zero-order valence-electron chi connectivity index (χ0n) is 11.8. The quantitative estimate of drug-likeness (QED) is 0.889. The normalized spacial score (nSPS) is 14.6. The van der Waals surface area contributed by atoms with Crippen molar-refractivity contribution in [3.63, 3.8) is 0 Å². The third-order valence-electron chi connectivity index (χ3n) is 3.77.